The van der Waals surface area contributed by atoms with E-state index in [9.17, 15) is 18.0 Å². The summed E-state index contributed by atoms with van der Waals surface area (Å²) in [4.78, 5) is 11.7. The van der Waals surface area contributed by atoms with Gasteiger partial charge in [-0.25, -0.2) is 0 Å². The molecule has 1 amide bonds. The van der Waals surface area contributed by atoms with Gasteiger partial charge in [0.05, 0.1) is 0 Å². The van der Waals surface area contributed by atoms with Crippen LogP contribution in [0.3, 0.4) is 0 Å². The lowest BCUT2D eigenvalue weighted by Crippen LogP contribution is -2.20. The second kappa shape index (κ2) is 7.23. The molecule has 0 saturated heterocycles. The summed E-state index contributed by atoms with van der Waals surface area (Å²) in [7, 11) is 0. The lowest BCUT2D eigenvalue weighted by atomic mass is 10.3. The van der Waals surface area contributed by atoms with Crippen molar-refractivity contribution in [3.8, 4) is 11.5 Å². The van der Waals surface area contributed by atoms with Gasteiger partial charge in [0.15, 0.2) is 6.61 Å². The van der Waals surface area contributed by atoms with E-state index >= 15 is 0 Å². The molecule has 8 heteroatoms. The molecule has 0 bridgehead atoms. The Morgan fingerprint density at radius 3 is 2.43 bits per heavy atom. The SMILES string of the molecule is O=C(COc1ccc(Cl)cc1)Nc1cccc(OC(F)(F)F)c1. The predicted octanol–water partition coefficient (Wildman–Crippen LogP) is 4.26. The number of halogens is 4. The highest BCUT2D eigenvalue weighted by atomic mass is 35.5. The Morgan fingerprint density at radius 1 is 1.09 bits per heavy atom. The van der Waals surface area contributed by atoms with Crippen LogP contribution in [0.5, 0.6) is 11.5 Å². The zero-order valence-electron chi connectivity index (χ0n) is 11.6. The third-order valence-corrected chi connectivity index (χ3v) is 2.79. The van der Waals surface area contributed by atoms with Crippen LogP contribution in [0, 0.1) is 0 Å². The number of rotatable bonds is 5. The maximum absolute atomic E-state index is 12.1. The molecule has 0 radical (unpaired) electrons. The molecule has 2 aromatic rings. The summed E-state index contributed by atoms with van der Waals surface area (Å²) in [6.07, 6.45) is -4.79. The number of alkyl halides is 3. The van der Waals surface area contributed by atoms with E-state index in [1.807, 2.05) is 0 Å². The predicted molar refractivity (Wildman–Crippen MR) is 78.7 cm³/mol. The van der Waals surface area contributed by atoms with Gasteiger partial charge in [0.2, 0.25) is 0 Å². The fourth-order valence-electron chi connectivity index (χ4n) is 1.65. The van der Waals surface area contributed by atoms with Crippen molar-refractivity contribution < 1.29 is 27.4 Å². The van der Waals surface area contributed by atoms with Gasteiger partial charge in [-0.05, 0) is 36.4 Å². The Morgan fingerprint density at radius 2 is 1.78 bits per heavy atom. The van der Waals surface area contributed by atoms with E-state index in [1.54, 1.807) is 24.3 Å². The van der Waals surface area contributed by atoms with E-state index in [2.05, 4.69) is 10.1 Å². The van der Waals surface area contributed by atoms with E-state index < -0.39 is 18.0 Å². The molecule has 122 valence electrons. The average Bonchev–Trinajstić information content (AvgIpc) is 2.45. The fraction of sp³-hybridized carbons (Fsp3) is 0.133. The highest BCUT2D eigenvalue weighted by molar-refractivity contribution is 6.30. The number of carbonyl (C=O) groups is 1. The molecule has 0 aromatic heterocycles. The minimum atomic E-state index is -4.79. The van der Waals surface area contributed by atoms with E-state index in [-0.39, 0.29) is 12.3 Å². The molecule has 0 aliphatic heterocycles. The largest absolute Gasteiger partial charge is 0.573 e. The van der Waals surface area contributed by atoms with E-state index in [0.717, 1.165) is 12.1 Å². The van der Waals surface area contributed by atoms with Crippen molar-refractivity contribution in [2.45, 2.75) is 6.36 Å². The van der Waals surface area contributed by atoms with Crippen LogP contribution in [0.1, 0.15) is 0 Å². The van der Waals surface area contributed by atoms with Crippen molar-refractivity contribution in [2.75, 3.05) is 11.9 Å². The molecule has 2 aromatic carbocycles. The van der Waals surface area contributed by atoms with Crippen LogP contribution in [-0.2, 0) is 4.79 Å². The molecule has 2 rings (SSSR count). The van der Waals surface area contributed by atoms with Gasteiger partial charge in [0.1, 0.15) is 11.5 Å². The monoisotopic (exact) mass is 345 g/mol. The van der Waals surface area contributed by atoms with Gasteiger partial charge < -0.3 is 14.8 Å². The number of carbonyl (C=O) groups excluding carboxylic acids is 1. The van der Waals surface area contributed by atoms with Crippen LogP contribution in [0.15, 0.2) is 48.5 Å². The topological polar surface area (TPSA) is 47.6 Å². The maximum Gasteiger partial charge on any atom is 0.573 e. The second-order valence-corrected chi connectivity index (χ2v) is 4.80. The number of amides is 1. The highest BCUT2D eigenvalue weighted by Crippen LogP contribution is 2.25. The molecule has 1 N–H and O–H groups in total. The van der Waals surface area contributed by atoms with Crippen LogP contribution in [-0.4, -0.2) is 18.9 Å². The first kappa shape index (κ1) is 17.0. The van der Waals surface area contributed by atoms with E-state index in [0.29, 0.717) is 10.8 Å². The number of anilines is 1. The lowest BCUT2D eigenvalue weighted by Gasteiger charge is -2.11. The normalized spacial score (nSPS) is 11.0. The first-order valence-electron chi connectivity index (χ1n) is 6.36. The first-order valence-corrected chi connectivity index (χ1v) is 6.74. The van der Waals surface area contributed by atoms with Crippen molar-refractivity contribution in [3.05, 3.63) is 53.6 Å². The molecule has 4 nitrogen and oxygen atoms in total. The van der Waals surface area contributed by atoms with Crippen molar-refractivity contribution in [1.82, 2.24) is 0 Å². The molecule has 0 aliphatic rings. The Labute approximate surface area is 134 Å². The number of ether oxygens (including phenoxy) is 2. The summed E-state index contributed by atoms with van der Waals surface area (Å²) < 4.78 is 45.4. The summed E-state index contributed by atoms with van der Waals surface area (Å²) in [5.74, 6) is -0.503. The van der Waals surface area contributed by atoms with Crippen molar-refractivity contribution in [3.63, 3.8) is 0 Å². The third-order valence-electron chi connectivity index (χ3n) is 2.53. The van der Waals surface area contributed by atoms with Gasteiger partial charge in [-0.1, -0.05) is 17.7 Å². The Kier molecular flexibility index (Phi) is 5.33. The zero-order valence-corrected chi connectivity index (χ0v) is 12.3. The van der Waals surface area contributed by atoms with E-state index in [1.165, 1.54) is 12.1 Å². The van der Waals surface area contributed by atoms with E-state index in [4.69, 9.17) is 16.3 Å². The molecule has 0 saturated carbocycles. The highest BCUT2D eigenvalue weighted by Gasteiger charge is 2.31. The number of nitrogens with one attached hydrogen (secondary N) is 1. The standard InChI is InChI=1S/C15H11ClF3NO3/c16-10-4-6-12(7-5-10)22-9-14(21)20-11-2-1-3-13(8-11)23-15(17,18)19/h1-8H,9H2,(H,20,21). The van der Waals surface area contributed by atoms with Crippen molar-refractivity contribution >= 4 is 23.2 Å². The maximum atomic E-state index is 12.1. The number of hydrogen-bond acceptors (Lipinski definition) is 3. The van der Waals surface area contributed by atoms with Gasteiger partial charge in [-0.3, -0.25) is 4.79 Å². The van der Waals surface area contributed by atoms with Gasteiger partial charge in [-0.15, -0.1) is 13.2 Å². The molecule has 23 heavy (non-hydrogen) atoms. The Bertz CT molecular complexity index is 674. The molecular weight excluding hydrogens is 335 g/mol. The summed E-state index contributed by atoms with van der Waals surface area (Å²) in [5, 5.41) is 2.94. The van der Waals surface area contributed by atoms with Crippen LogP contribution in [0.4, 0.5) is 18.9 Å². The van der Waals surface area contributed by atoms with Gasteiger partial charge in [-0.2, -0.15) is 0 Å². The Balaban J connectivity index is 1.89. The minimum absolute atomic E-state index is 0.163. The third kappa shape index (κ3) is 6.07. The van der Waals surface area contributed by atoms with Crippen LogP contribution < -0.4 is 14.8 Å². The quantitative estimate of drug-likeness (QED) is 0.881. The fourth-order valence-corrected chi connectivity index (χ4v) is 1.77. The molecular formula is C15H11ClF3NO3. The van der Waals surface area contributed by atoms with Gasteiger partial charge in [0.25, 0.3) is 5.91 Å². The summed E-state index contributed by atoms with van der Waals surface area (Å²) >= 11 is 5.72. The molecule has 0 atom stereocenters. The summed E-state index contributed by atoms with van der Waals surface area (Å²) in [6.45, 7) is -0.300. The van der Waals surface area contributed by atoms with Crippen LogP contribution in [0.2, 0.25) is 5.02 Å². The van der Waals surface area contributed by atoms with Crippen molar-refractivity contribution in [1.29, 1.82) is 0 Å². The summed E-state index contributed by atoms with van der Waals surface area (Å²) in [5.41, 5.74) is 0.163. The molecule has 0 fully saturated rings. The molecule has 0 aliphatic carbocycles. The first-order chi connectivity index (χ1) is 10.8. The zero-order chi connectivity index (χ0) is 16.9. The van der Waals surface area contributed by atoms with Gasteiger partial charge >= 0.3 is 6.36 Å². The van der Waals surface area contributed by atoms with Crippen LogP contribution in [0.25, 0.3) is 0 Å². The molecule has 0 spiro atoms. The lowest BCUT2D eigenvalue weighted by molar-refractivity contribution is -0.274. The number of benzene rings is 2. The van der Waals surface area contributed by atoms with Crippen LogP contribution >= 0.6 is 11.6 Å². The minimum Gasteiger partial charge on any atom is -0.484 e. The second-order valence-electron chi connectivity index (χ2n) is 4.37. The van der Waals surface area contributed by atoms with Gasteiger partial charge in [0, 0.05) is 16.8 Å². The molecule has 0 heterocycles. The smallest absolute Gasteiger partial charge is 0.484 e. The van der Waals surface area contributed by atoms with Crippen molar-refractivity contribution in [2.24, 2.45) is 0 Å². The number of hydrogen-bond donors (Lipinski definition) is 1. The average molecular weight is 346 g/mol. The summed E-state index contributed by atoms with van der Waals surface area (Å²) in [6, 6.07) is 11.3. The Hall–Kier alpha value is -2.41. The molecule has 0 unspecified atom stereocenters.